The van der Waals surface area contributed by atoms with Crippen LogP contribution < -0.4 is 11.1 Å². The van der Waals surface area contributed by atoms with Gasteiger partial charge in [-0.1, -0.05) is 13.3 Å². The van der Waals surface area contributed by atoms with E-state index < -0.39 is 0 Å². The minimum atomic E-state index is -0.0231. The molecule has 2 fully saturated rings. The molecule has 1 amide bonds. The van der Waals surface area contributed by atoms with E-state index in [9.17, 15) is 4.79 Å². The van der Waals surface area contributed by atoms with E-state index in [0.29, 0.717) is 12.5 Å². The van der Waals surface area contributed by atoms with E-state index in [0.717, 1.165) is 39.0 Å². The van der Waals surface area contributed by atoms with Crippen molar-refractivity contribution < 1.29 is 9.53 Å². The van der Waals surface area contributed by atoms with Gasteiger partial charge in [0.05, 0.1) is 18.6 Å². The summed E-state index contributed by atoms with van der Waals surface area (Å²) in [6.07, 6.45) is 3.28. The van der Waals surface area contributed by atoms with Crippen LogP contribution in [-0.4, -0.2) is 56.2 Å². The Morgan fingerprint density at radius 1 is 1.47 bits per heavy atom. The molecule has 4 atom stereocenters. The van der Waals surface area contributed by atoms with Gasteiger partial charge < -0.3 is 20.7 Å². The molecule has 0 aromatic carbocycles. The quantitative estimate of drug-likeness (QED) is 0.768. The highest BCUT2D eigenvalue weighted by Crippen LogP contribution is 2.27. The van der Waals surface area contributed by atoms with Crippen molar-refractivity contribution in [1.82, 2.24) is 10.2 Å². The van der Waals surface area contributed by atoms with Crippen molar-refractivity contribution in [2.45, 2.75) is 38.3 Å². The highest BCUT2D eigenvalue weighted by molar-refractivity contribution is 5.79. The van der Waals surface area contributed by atoms with Crippen molar-refractivity contribution in [3.05, 3.63) is 0 Å². The van der Waals surface area contributed by atoms with Gasteiger partial charge in [0.25, 0.3) is 0 Å². The summed E-state index contributed by atoms with van der Waals surface area (Å²) in [6, 6.07) is 0.00342. The first-order valence-electron chi connectivity index (χ1n) is 7.41. The first-order valence-corrected chi connectivity index (χ1v) is 7.41. The van der Waals surface area contributed by atoms with Gasteiger partial charge in [0, 0.05) is 25.7 Å². The largest absolute Gasteiger partial charge is 0.374 e. The number of carbonyl (C=O) groups is 1. The first-order chi connectivity index (χ1) is 9.08. The highest BCUT2D eigenvalue weighted by Gasteiger charge is 2.33. The molecule has 1 aliphatic carbocycles. The maximum Gasteiger partial charge on any atom is 0.224 e. The number of likely N-dealkylation sites (N-methyl/N-ethyl adjacent to an activating group) is 1. The number of ether oxygens (including phenoxy) is 1. The van der Waals surface area contributed by atoms with Gasteiger partial charge in [-0.25, -0.2) is 0 Å². The molecule has 0 spiro atoms. The Balaban J connectivity index is 1.77. The maximum atomic E-state index is 12.2. The van der Waals surface area contributed by atoms with Gasteiger partial charge in [0.1, 0.15) is 0 Å². The summed E-state index contributed by atoms with van der Waals surface area (Å²) in [5, 5.41) is 3.02. The number of rotatable bonds is 3. The fourth-order valence-electron chi connectivity index (χ4n) is 3.08. The monoisotopic (exact) mass is 269 g/mol. The number of nitrogens with two attached hydrogens (primary N) is 1. The van der Waals surface area contributed by atoms with Crippen LogP contribution >= 0.6 is 0 Å². The number of amides is 1. The lowest BCUT2D eigenvalue weighted by atomic mass is 9.78. The fraction of sp³-hybridized carbons (Fsp3) is 0.929. The minimum absolute atomic E-state index is 0.00342. The predicted molar refractivity (Wildman–Crippen MR) is 74.7 cm³/mol. The van der Waals surface area contributed by atoms with E-state index in [-0.39, 0.29) is 24.0 Å². The van der Waals surface area contributed by atoms with E-state index in [1.54, 1.807) is 0 Å². The van der Waals surface area contributed by atoms with E-state index in [1.807, 2.05) is 0 Å². The maximum absolute atomic E-state index is 12.2. The molecule has 3 N–H and O–H groups in total. The number of hydrogen-bond acceptors (Lipinski definition) is 4. The lowest BCUT2D eigenvalue weighted by molar-refractivity contribution is -0.128. The second-order valence-corrected chi connectivity index (χ2v) is 6.09. The molecule has 0 radical (unpaired) electrons. The van der Waals surface area contributed by atoms with E-state index in [1.165, 1.54) is 0 Å². The number of carbonyl (C=O) groups excluding carboxylic acids is 1. The number of hydrogen-bond donors (Lipinski definition) is 2. The Bertz CT molecular complexity index is 311. The van der Waals surface area contributed by atoms with Gasteiger partial charge in [0.2, 0.25) is 5.91 Å². The molecule has 0 aromatic rings. The molecule has 1 heterocycles. The zero-order valence-corrected chi connectivity index (χ0v) is 12.1. The smallest absolute Gasteiger partial charge is 0.224 e. The third-order valence-electron chi connectivity index (χ3n) is 4.48. The molecule has 2 rings (SSSR count). The van der Waals surface area contributed by atoms with Gasteiger partial charge in [-0.05, 0) is 25.8 Å². The summed E-state index contributed by atoms with van der Waals surface area (Å²) in [4.78, 5) is 14.4. The normalized spacial score (nSPS) is 37.0. The van der Waals surface area contributed by atoms with Crippen molar-refractivity contribution in [2.24, 2.45) is 17.6 Å². The number of nitrogens with zero attached hydrogens (tertiary/aromatic N) is 1. The molecule has 0 bridgehead atoms. The van der Waals surface area contributed by atoms with Crippen molar-refractivity contribution in [2.75, 3.05) is 33.3 Å². The van der Waals surface area contributed by atoms with E-state index in [4.69, 9.17) is 10.5 Å². The third kappa shape index (κ3) is 3.91. The van der Waals surface area contributed by atoms with E-state index in [2.05, 4.69) is 24.2 Å². The molecule has 19 heavy (non-hydrogen) atoms. The van der Waals surface area contributed by atoms with Crippen molar-refractivity contribution in [1.29, 1.82) is 0 Å². The summed E-state index contributed by atoms with van der Waals surface area (Å²) in [6.45, 7) is 5.34. The Labute approximate surface area is 115 Å². The van der Waals surface area contributed by atoms with Crippen LogP contribution in [-0.2, 0) is 9.53 Å². The lowest BCUT2D eigenvalue weighted by Crippen LogP contribution is -2.51. The molecule has 2 aliphatic rings. The van der Waals surface area contributed by atoms with Crippen molar-refractivity contribution in [3.63, 3.8) is 0 Å². The average Bonchev–Trinajstić information content (AvgIpc) is 2.39. The van der Waals surface area contributed by atoms with Crippen LogP contribution in [0.1, 0.15) is 26.2 Å². The van der Waals surface area contributed by atoms with E-state index >= 15 is 0 Å². The van der Waals surface area contributed by atoms with Crippen LogP contribution in [0.15, 0.2) is 0 Å². The Kier molecular flexibility index (Phi) is 5.19. The second-order valence-electron chi connectivity index (χ2n) is 6.09. The van der Waals surface area contributed by atoms with Crippen LogP contribution in [0.2, 0.25) is 0 Å². The molecule has 110 valence electrons. The van der Waals surface area contributed by atoms with Crippen molar-refractivity contribution >= 4 is 5.91 Å². The molecule has 1 aliphatic heterocycles. The van der Waals surface area contributed by atoms with Gasteiger partial charge in [-0.2, -0.15) is 0 Å². The molecule has 4 unspecified atom stereocenters. The van der Waals surface area contributed by atoms with Crippen LogP contribution in [0.3, 0.4) is 0 Å². The number of morpholine rings is 1. The Morgan fingerprint density at radius 3 is 3.00 bits per heavy atom. The second kappa shape index (κ2) is 6.68. The van der Waals surface area contributed by atoms with Gasteiger partial charge in [-0.3, -0.25) is 4.79 Å². The van der Waals surface area contributed by atoms with Crippen molar-refractivity contribution in [3.8, 4) is 0 Å². The standard InChI is InChI=1S/C14H27N3O2/c1-10-4-3-5-12(13(10)15)14(18)16-8-11-9-17(2)6-7-19-11/h10-13H,3-9,15H2,1-2H3,(H,16,18). The lowest BCUT2D eigenvalue weighted by Gasteiger charge is -2.34. The molecule has 1 saturated heterocycles. The average molecular weight is 269 g/mol. The van der Waals surface area contributed by atoms with Gasteiger partial charge >= 0.3 is 0 Å². The third-order valence-corrected chi connectivity index (χ3v) is 4.48. The topological polar surface area (TPSA) is 67.6 Å². The van der Waals surface area contributed by atoms with Gasteiger partial charge in [-0.15, -0.1) is 0 Å². The Hall–Kier alpha value is -0.650. The summed E-state index contributed by atoms with van der Waals surface area (Å²) in [5.74, 6) is 0.530. The highest BCUT2D eigenvalue weighted by atomic mass is 16.5. The molecule has 5 nitrogen and oxygen atoms in total. The Morgan fingerprint density at radius 2 is 2.26 bits per heavy atom. The zero-order chi connectivity index (χ0) is 13.8. The summed E-state index contributed by atoms with van der Waals surface area (Å²) < 4.78 is 5.65. The minimum Gasteiger partial charge on any atom is -0.374 e. The molecule has 5 heteroatoms. The molecule has 1 saturated carbocycles. The first kappa shape index (κ1) is 14.8. The molecular weight excluding hydrogens is 242 g/mol. The van der Waals surface area contributed by atoms with Gasteiger partial charge in [0.15, 0.2) is 0 Å². The van der Waals surface area contributed by atoms with Crippen LogP contribution in [0.4, 0.5) is 0 Å². The predicted octanol–water partition coefficient (Wildman–Crippen LogP) is 0.197. The summed E-state index contributed by atoms with van der Waals surface area (Å²) in [7, 11) is 2.08. The summed E-state index contributed by atoms with van der Waals surface area (Å²) in [5.41, 5.74) is 6.15. The summed E-state index contributed by atoms with van der Waals surface area (Å²) >= 11 is 0. The molecular formula is C14H27N3O2. The number of nitrogens with one attached hydrogen (secondary N) is 1. The van der Waals surface area contributed by atoms with Crippen LogP contribution in [0, 0.1) is 11.8 Å². The fourth-order valence-corrected chi connectivity index (χ4v) is 3.08. The molecule has 0 aromatic heterocycles. The zero-order valence-electron chi connectivity index (χ0n) is 12.1. The SMILES string of the molecule is CC1CCCC(C(=O)NCC2CN(C)CCO2)C1N. The van der Waals surface area contributed by atoms with Crippen LogP contribution in [0.25, 0.3) is 0 Å². The van der Waals surface area contributed by atoms with Crippen LogP contribution in [0.5, 0.6) is 0 Å².